The lowest BCUT2D eigenvalue weighted by molar-refractivity contribution is 0.413. The summed E-state index contributed by atoms with van der Waals surface area (Å²) in [6.07, 6.45) is 0. The second kappa shape index (κ2) is 2.41. The molecule has 2 N–H and O–H groups in total. The van der Waals surface area contributed by atoms with Gasteiger partial charge in [-0.1, -0.05) is 0 Å². The fourth-order valence-electron chi connectivity index (χ4n) is 0.119. The van der Waals surface area contributed by atoms with Gasteiger partial charge in [0.2, 0.25) is 0 Å². The fourth-order valence-corrected chi connectivity index (χ4v) is 1.07. The lowest BCUT2D eigenvalue weighted by Gasteiger charge is -2.17. The van der Waals surface area contributed by atoms with Crippen molar-refractivity contribution in [2.45, 2.75) is 0 Å². The van der Waals surface area contributed by atoms with Gasteiger partial charge in [-0.25, -0.2) is 0 Å². The molecule has 10 heavy (non-hydrogen) atoms. The zero-order valence-corrected chi connectivity index (χ0v) is 5.83. The summed E-state index contributed by atoms with van der Waals surface area (Å²) in [5.41, 5.74) is 0. The van der Waals surface area contributed by atoms with E-state index in [2.05, 4.69) is 0 Å². The lowest BCUT2D eigenvalue weighted by atomic mass is 13.5. The van der Waals surface area contributed by atoms with Gasteiger partial charge in [-0.3, -0.25) is 9.11 Å². The van der Waals surface area contributed by atoms with Crippen LogP contribution < -0.4 is 0 Å². The summed E-state index contributed by atoms with van der Waals surface area (Å²) in [6.45, 7) is 0. The SMILES string of the molecule is O=S(=O)(O)N([O-])S(=O)(=O)O. The highest BCUT2D eigenvalue weighted by Gasteiger charge is 2.19. The zero-order chi connectivity index (χ0) is 8.58. The molecule has 0 aromatic heterocycles. The van der Waals surface area contributed by atoms with Crippen molar-refractivity contribution in [2.24, 2.45) is 0 Å². The topological polar surface area (TPSA) is 135 Å². The van der Waals surface area contributed by atoms with Crippen LogP contribution in [-0.2, 0) is 20.6 Å². The van der Waals surface area contributed by atoms with Crippen molar-refractivity contribution in [3.8, 4) is 0 Å². The van der Waals surface area contributed by atoms with Gasteiger partial charge in [0.05, 0.1) is 0 Å². The Morgan fingerprint density at radius 2 is 1.20 bits per heavy atom. The van der Waals surface area contributed by atoms with Crippen molar-refractivity contribution in [2.75, 3.05) is 0 Å². The van der Waals surface area contributed by atoms with Gasteiger partial charge in [0.1, 0.15) is 0 Å². The first-order valence-electron chi connectivity index (χ1n) is 1.58. The van der Waals surface area contributed by atoms with Crippen molar-refractivity contribution >= 4 is 20.6 Å². The number of hydrogen-bond acceptors (Lipinski definition) is 5. The molecule has 0 aromatic carbocycles. The summed E-state index contributed by atoms with van der Waals surface area (Å²) in [7, 11) is -10.8. The van der Waals surface area contributed by atoms with Crippen LogP contribution in [0.15, 0.2) is 0 Å². The normalized spacial score (nSPS) is 14.0. The molecule has 0 bridgehead atoms. The van der Waals surface area contributed by atoms with Gasteiger partial charge in [-0.2, -0.15) is 16.8 Å². The largest absolute Gasteiger partial charge is 0.756 e. The van der Waals surface area contributed by atoms with Crippen LogP contribution in [0.2, 0.25) is 0 Å². The molecule has 10 heteroatoms. The number of hydrogen-bond donors (Lipinski definition) is 2. The zero-order valence-electron chi connectivity index (χ0n) is 4.20. The summed E-state index contributed by atoms with van der Waals surface area (Å²) in [6, 6.07) is 0. The molecule has 0 aromatic rings. The van der Waals surface area contributed by atoms with E-state index in [1.807, 2.05) is 0 Å². The van der Waals surface area contributed by atoms with Crippen LogP contribution in [0, 0.1) is 5.21 Å². The molecule has 0 aliphatic heterocycles. The number of nitrogens with zero attached hydrogens (tertiary/aromatic N) is 1. The minimum Gasteiger partial charge on any atom is -0.756 e. The molecule has 0 aliphatic carbocycles. The second-order valence-electron chi connectivity index (χ2n) is 1.12. The van der Waals surface area contributed by atoms with Crippen LogP contribution >= 0.6 is 0 Å². The van der Waals surface area contributed by atoms with E-state index in [9.17, 15) is 22.0 Å². The molecule has 0 spiro atoms. The third kappa shape index (κ3) is 2.55. The van der Waals surface area contributed by atoms with Gasteiger partial charge in [-0.05, 0) is 0 Å². The van der Waals surface area contributed by atoms with Crippen LogP contribution in [0.4, 0.5) is 0 Å². The van der Waals surface area contributed by atoms with Crippen LogP contribution in [0.25, 0.3) is 0 Å². The van der Waals surface area contributed by atoms with Crippen LogP contribution in [0.3, 0.4) is 0 Å². The summed E-state index contributed by atoms with van der Waals surface area (Å²) in [5, 5.41) is 9.73. The van der Waals surface area contributed by atoms with E-state index in [1.165, 1.54) is 0 Å². The Morgan fingerprint density at radius 3 is 1.20 bits per heavy atom. The Balaban J connectivity index is 4.94. The molecule has 8 nitrogen and oxygen atoms in total. The second-order valence-corrected chi connectivity index (χ2v) is 3.81. The van der Waals surface area contributed by atoms with Gasteiger partial charge in [0.25, 0.3) is 0 Å². The molecule has 62 valence electrons. The molecule has 0 saturated heterocycles. The molecule has 0 radical (unpaired) electrons. The Hall–Kier alpha value is -0.260. The molecule has 0 atom stereocenters. The Kier molecular flexibility index (Phi) is 2.35. The molecule has 0 aliphatic rings. The first-order valence-corrected chi connectivity index (χ1v) is 4.37. The van der Waals surface area contributed by atoms with E-state index >= 15 is 0 Å². The lowest BCUT2D eigenvalue weighted by Crippen LogP contribution is -2.30. The first-order chi connectivity index (χ1) is 4.15. The molecule has 0 heterocycles. The third-order valence-electron chi connectivity index (χ3n) is 0.377. The number of rotatable bonds is 2. The molecular formula is H2NO7S2-. The van der Waals surface area contributed by atoms with Gasteiger partial charge < -0.3 is 5.21 Å². The van der Waals surface area contributed by atoms with E-state index < -0.39 is 24.5 Å². The highest BCUT2D eigenvalue weighted by molar-refractivity contribution is 7.98. The molecule has 0 unspecified atom stereocenters. The van der Waals surface area contributed by atoms with E-state index in [4.69, 9.17) is 9.11 Å². The molecular weight excluding hydrogens is 190 g/mol. The van der Waals surface area contributed by atoms with Gasteiger partial charge >= 0.3 is 20.6 Å². The third-order valence-corrected chi connectivity index (χ3v) is 2.26. The fraction of sp³-hybridized carbons (Fsp3) is 0. The van der Waals surface area contributed by atoms with Gasteiger partial charge in [0, 0.05) is 0 Å². The Bertz CT molecular complexity index is 260. The minimum atomic E-state index is -5.42. The Labute approximate surface area is 56.4 Å². The maximum atomic E-state index is 9.73. The average molecular weight is 192 g/mol. The average Bonchev–Trinajstić information content (AvgIpc) is 1.59. The monoisotopic (exact) mass is 192 g/mol. The van der Waals surface area contributed by atoms with E-state index in [0.717, 1.165) is 0 Å². The van der Waals surface area contributed by atoms with Crippen LogP contribution in [-0.4, -0.2) is 29.8 Å². The Morgan fingerprint density at radius 1 is 1.00 bits per heavy atom. The molecule has 0 rings (SSSR count). The van der Waals surface area contributed by atoms with Crippen molar-refractivity contribution in [3.05, 3.63) is 5.21 Å². The van der Waals surface area contributed by atoms with Crippen LogP contribution in [0.1, 0.15) is 0 Å². The predicted molar refractivity (Wildman–Crippen MR) is 28.3 cm³/mol. The van der Waals surface area contributed by atoms with E-state index in [-0.39, 0.29) is 0 Å². The summed E-state index contributed by atoms with van der Waals surface area (Å²) >= 11 is 0. The van der Waals surface area contributed by atoms with Crippen molar-refractivity contribution < 1.29 is 25.9 Å². The molecule has 0 amide bonds. The standard InChI is InChI=1S/H2NO7S2/c2-1(9(3,4)5)10(6,7)8/h(H,3,4,5)(H,6,7,8)/q-1. The summed E-state index contributed by atoms with van der Waals surface area (Å²) in [5.74, 6) is 0. The first kappa shape index (κ1) is 9.74. The van der Waals surface area contributed by atoms with Gasteiger partial charge in [-0.15, -0.1) is 3.87 Å². The van der Waals surface area contributed by atoms with Crippen molar-refractivity contribution in [1.29, 1.82) is 0 Å². The quantitative estimate of drug-likeness (QED) is 0.396. The molecule has 0 fully saturated rings. The van der Waals surface area contributed by atoms with E-state index in [0.29, 0.717) is 0 Å². The molecule has 0 saturated carbocycles. The predicted octanol–water partition coefficient (Wildman–Crippen LogP) is -1.61. The van der Waals surface area contributed by atoms with Crippen molar-refractivity contribution in [3.63, 3.8) is 0 Å². The van der Waals surface area contributed by atoms with E-state index in [1.54, 1.807) is 0 Å². The van der Waals surface area contributed by atoms with Gasteiger partial charge in [0.15, 0.2) is 0 Å². The highest BCUT2D eigenvalue weighted by Crippen LogP contribution is 1.99. The summed E-state index contributed by atoms with van der Waals surface area (Å²) in [4.78, 5) is 0. The van der Waals surface area contributed by atoms with Crippen LogP contribution in [0.5, 0.6) is 0 Å². The summed E-state index contributed by atoms with van der Waals surface area (Å²) < 4.78 is 51.9. The minimum absolute atomic E-state index is 1.82. The van der Waals surface area contributed by atoms with Crippen molar-refractivity contribution in [1.82, 2.24) is 3.87 Å². The maximum absolute atomic E-state index is 9.73. The highest BCUT2D eigenvalue weighted by atomic mass is 32.3. The maximum Gasteiger partial charge on any atom is 0.339 e. The smallest absolute Gasteiger partial charge is 0.339 e.